The van der Waals surface area contributed by atoms with Crippen LogP contribution in [-0.4, -0.2) is 28.2 Å². The van der Waals surface area contributed by atoms with Gasteiger partial charge in [-0.2, -0.15) is 0 Å². The summed E-state index contributed by atoms with van der Waals surface area (Å²) < 4.78 is 0. The minimum Gasteiger partial charge on any atom is -0.298 e. The fourth-order valence-electron chi connectivity index (χ4n) is 3.02. The summed E-state index contributed by atoms with van der Waals surface area (Å²) in [5, 5.41) is 4.80. The first-order valence-electron chi connectivity index (χ1n) is 8.59. The zero-order valence-electron chi connectivity index (χ0n) is 15.2. The summed E-state index contributed by atoms with van der Waals surface area (Å²) >= 11 is 12.6. The van der Waals surface area contributed by atoms with E-state index in [0.29, 0.717) is 16.3 Å². The Morgan fingerprint density at radius 2 is 1.86 bits per heavy atom. The standard InChI is InChI=1S/C21H14ClN3O2S2/c1-29-19-13(10-12-4-2-3-5-17(12)23-19)11-16-18(26)24-21(28)25(20(16)27)15-8-6-14(22)7-9-15/h2-11H,1H3,(H,24,26,28). The zero-order chi connectivity index (χ0) is 20.5. The van der Waals surface area contributed by atoms with E-state index < -0.39 is 11.8 Å². The van der Waals surface area contributed by atoms with Crippen molar-refractivity contribution < 1.29 is 9.59 Å². The normalized spacial score (nSPS) is 15.9. The molecular formula is C21H14ClN3O2S2. The van der Waals surface area contributed by atoms with Crippen molar-refractivity contribution >= 4 is 75.2 Å². The number of rotatable bonds is 3. The summed E-state index contributed by atoms with van der Waals surface area (Å²) in [4.78, 5) is 31.6. The molecule has 0 saturated carbocycles. The quantitative estimate of drug-likeness (QED) is 0.283. The predicted molar refractivity (Wildman–Crippen MR) is 121 cm³/mol. The Balaban J connectivity index is 1.80. The number of thioether (sulfide) groups is 1. The molecule has 5 nitrogen and oxygen atoms in total. The number of thiocarbonyl (C=S) groups is 1. The highest BCUT2D eigenvalue weighted by molar-refractivity contribution is 7.98. The van der Waals surface area contributed by atoms with Gasteiger partial charge in [0.25, 0.3) is 11.8 Å². The topological polar surface area (TPSA) is 62.3 Å². The summed E-state index contributed by atoms with van der Waals surface area (Å²) in [6.45, 7) is 0. The van der Waals surface area contributed by atoms with Gasteiger partial charge in [0.1, 0.15) is 10.6 Å². The average Bonchev–Trinajstić information content (AvgIpc) is 2.71. The SMILES string of the molecule is CSc1nc2ccccc2cc1C=C1C(=O)NC(=S)N(c2ccc(Cl)cc2)C1=O. The maximum atomic E-state index is 13.1. The van der Waals surface area contributed by atoms with Crippen LogP contribution in [0, 0.1) is 0 Å². The lowest BCUT2D eigenvalue weighted by Crippen LogP contribution is -2.54. The van der Waals surface area contributed by atoms with Crippen LogP contribution < -0.4 is 10.2 Å². The lowest BCUT2D eigenvalue weighted by atomic mass is 10.1. The van der Waals surface area contributed by atoms with E-state index in [2.05, 4.69) is 10.3 Å². The number of pyridine rings is 1. The third-order valence-corrected chi connectivity index (χ3v) is 5.65. The van der Waals surface area contributed by atoms with E-state index in [1.807, 2.05) is 36.6 Å². The number of carbonyl (C=O) groups is 2. The number of fused-ring (bicyclic) bond motifs is 1. The van der Waals surface area contributed by atoms with Crippen molar-refractivity contribution in [3.05, 3.63) is 70.8 Å². The van der Waals surface area contributed by atoms with Crippen LogP contribution in [0.15, 0.2) is 65.2 Å². The van der Waals surface area contributed by atoms with Gasteiger partial charge in [0.05, 0.1) is 11.2 Å². The molecule has 1 aliphatic rings. The molecule has 1 saturated heterocycles. The molecule has 144 valence electrons. The molecule has 29 heavy (non-hydrogen) atoms. The van der Waals surface area contributed by atoms with Crippen molar-refractivity contribution in [3.63, 3.8) is 0 Å². The maximum absolute atomic E-state index is 13.1. The van der Waals surface area contributed by atoms with Gasteiger partial charge in [-0.3, -0.25) is 19.8 Å². The van der Waals surface area contributed by atoms with E-state index in [-0.39, 0.29) is 10.7 Å². The Kier molecular flexibility index (Phi) is 5.36. The Bertz CT molecular complexity index is 1190. The van der Waals surface area contributed by atoms with E-state index in [1.165, 1.54) is 16.7 Å². The number of amides is 2. The van der Waals surface area contributed by atoms with Crippen LogP contribution in [0.4, 0.5) is 5.69 Å². The van der Waals surface area contributed by atoms with Crippen molar-refractivity contribution in [2.75, 3.05) is 11.2 Å². The lowest BCUT2D eigenvalue weighted by molar-refractivity contribution is -0.122. The number of anilines is 1. The molecule has 1 fully saturated rings. The fourth-order valence-corrected chi connectivity index (χ4v) is 3.97. The molecule has 1 N–H and O–H groups in total. The molecule has 0 unspecified atom stereocenters. The van der Waals surface area contributed by atoms with Crippen LogP contribution in [0.3, 0.4) is 0 Å². The van der Waals surface area contributed by atoms with Gasteiger partial charge in [-0.1, -0.05) is 29.8 Å². The van der Waals surface area contributed by atoms with Gasteiger partial charge >= 0.3 is 0 Å². The first kappa shape index (κ1) is 19.6. The molecule has 0 aliphatic carbocycles. The van der Waals surface area contributed by atoms with E-state index in [9.17, 15) is 9.59 Å². The number of hydrogen-bond donors (Lipinski definition) is 1. The Morgan fingerprint density at radius 1 is 1.14 bits per heavy atom. The highest BCUT2D eigenvalue weighted by Gasteiger charge is 2.34. The van der Waals surface area contributed by atoms with Gasteiger partial charge in [-0.15, -0.1) is 11.8 Å². The molecule has 0 bridgehead atoms. The van der Waals surface area contributed by atoms with Gasteiger partial charge < -0.3 is 0 Å². The van der Waals surface area contributed by atoms with Gasteiger partial charge in [-0.25, -0.2) is 4.98 Å². The number of nitrogens with one attached hydrogen (secondary N) is 1. The van der Waals surface area contributed by atoms with Crippen LogP contribution in [0.1, 0.15) is 5.56 Å². The van der Waals surface area contributed by atoms with E-state index in [4.69, 9.17) is 23.8 Å². The second-order valence-corrected chi connectivity index (χ2v) is 7.83. The number of aromatic nitrogens is 1. The number of para-hydroxylation sites is 1. The maximum Gasteiger partial charge on any atom is 0.270 e. The number of hydrogen-bond acceptors (Lipinski definition) is 5. The molecular weight excluding hydrogens is 426 g/mol. The smallest absolute Gasteiger partial charge is 0.270 e. The molecule has 0 radical (unpaired) electrons. The molecule has 3 aromatic rings. The second-order valence-electron chi connectivity index (χ2n) is 6.21. The average molecular weight is 440 g/mol. The van der Waals surface area contributed by atoms with Crippen LogP contribution in [0.25, 0.3) is 17.0 Å². The van der Waals surface area contributed by atoms with Crippen LogP contribution in [0.5, 0.6) is 0 Å². The zero-order valence-corrected chi connectivity index (χ0v) is 17.6. The number of benzene rings is 2. The monoisotopic (exact) mass is 439 g/mol. The molecule has 2 amide bonds. The van der Waals surface area contributed by atoms with Gasteiger partial charge in [0, 0.05) is 16.0 Å². The molecule has 1 aromatic heterocycles. The van der Waals surface area contributed by atoms with Gasteiger partial charge in [0.2, 0.25) is 0 Å². The van der Waals surface area contributed by atoms with E-state index in [1.54, 1.807) is 30.3 Å². The van der Waals surface area contributed by atoms with Crippen molar-refractivity contribution in [1.82, 2.24) is 10.3 Å². The van der Waals surface area contributed by atoms with Crippen molar-refractivity contribution in [3.8, 4) is 0 Å². The number of halogens is 1. The molecule has 8 heteroatoms. The third-order valence-electron chi connectivity index (χ3n) is 4.40. The van der Waals surface area contributed by atoms with Crippen molar-refractivity contribution in [2.45, 2.75) is 5.03 Å². The largest absolute Gasteiger partial charge is 0.298 e. The van der Waals surface area contributed by atoms with E-state index in [0.717, 1.165) is 15.9 Å². The first-order chi connectivity index (χ1) is 14.0. The Morgan fingerprint density at radius 3 is 2.59 bits per heavy atom. The Labute approximate surface area is 181 Å². The molecule has 1 aliphatic heterocycles. The fraction of sp³-hybridized carbons (Fsp3) is 0.0476. The number of nitrogens with zero attached hydrogens (tertiary/aromatic N) is 2. The molecule has 2 aromatic carbocycles. The van der Waals surface area contributed by atoms with E-state index >= 15 is 0 Å². The summed E-state index contributed by atoms with van der Waals surface area (Å²) in [5.41, 5.74) is 2.05. The van der Waals surface area contributed by atoms with Crippen molar-refractivity contribution in [2.24, 2.45) is 0 Å². The molecule has 2 heterocycles. The minimum atomic E-state index is -0.537. The van der Waals surface area contributed by atoms with Crippen LogP contribution in [-0.2, 0) is 9.59 Å². The highest BCUT2D eigenvalue weighted by Crippen LogP contribution is 2.28. The molecule has 0 atom stereocenters. The summed E-state index contributed by atoms with van der Waals surface area (Å²) in [7, 11) is 0. The van der Waals surface area contributed by atoms with Crippen LogP contribution in [0.2, 0.25) is 5.02 Å². The Hall–Kier alpha value is -2.74. The summed E-state index contributed by atoms with van der Waals surface area (Å²) in [6.07, 6.45) is 3.46. The van der Waals surface area contributed by atoms with Gasteiger partial charge in [-0.05, 0) is 60.9 Å². The third kappa shape index (κ3) is 3.76. The van der Waals surface area contributed by atoms with Crippen molar-refractivity contribution in [1.29, 1.82) is 0 Å². The summed E-state index contributed by atoms with van der Waals surface area (Å²) in [6, 6.07) is 16.3. The molecule has 0 spiro atoms. The predicted octanol–water partition coefficient (Wildman–Crippen LogP) is 4.44. The lowest BCUT2D eigenvalue weighted by Gasteiger charge is -2.29. The van der Waals surface area contributed by atoms with Crippen LogP contribution >= 0.6 is 35.6 Å². The molecule has 4 rings (SSSR count). The first-order valence-corrected chi connectivity index (χ1v) is 10.6. The highest BCUT2D eigenvalue weighted by atomic mass is 35.5. The summed E-state index contributed by atoms with van der Waals surface area (Å²) in [5.74, 6) is -1.04. The van der Waals surface area contributed by atoms with Gasteiger partial charge in [0.15, 0.2) is 5.11 Å². The second kappa shape index (κ2) is 7.94. The number of carbonyl (C=O) groups excluding carboxylic acids is 2. The minimum absolute atomic E-state index is 0.0130.